The Hall–Kier alpha value is -0.870. The van der Waals surface area contributed by atoms with Crippen LogP contribution in [-0.4, -0.2) is 23.2 Å². The summed E-state index contributed by atoms with van der Waals surface area (Å²) in [5.41, 5.74) is 0.616. The molecular formula is C13H16BrNO2. The first-order valence-electron chi connectivity index (χ1n) is 5.92. The molecule has 0 bridgehead atoms. The van der Waals surface area contributed by atoms with Crippen LogP contribution in [-0.2, 0) is 0 Å². The van der Waals surface area contributed by atoms with Gasteiger partial charge in [-0.1, -0.05) is 25.0 Å². The number of rotatable bonds is 2. The van der Waals surface area contributed by atoms with Crippen molar-refractivity contribution >= 4 is 21.8 Å². The molecule has 1 saturated carbocycles. The predicted octanol–water partition coefficient (Wildman–Crippen LogP) is 2.48. The third-order valence-electron chi connectivity index (χ3n) is 3.16. The van der Waals surface area contributed by atoms with E-state index in [1.165, 1.54) is 0 Å². The standard InChI is InChI=1S/C13H16BrNO2/c14-10-6-2-1-5-9(10)13(17)15-11-7-3-4-8-12(11)16/h1-2,5-6,11-12,16H,3-4,7-8H2,(H,15,17). The van der Waals surface area contributed by atoms with Crippen LogP contribution in [0.2, 0.25) is 0 Å². The van der Waals surface area contributed by atoms with E-state index in [0.717, 1.165) is 30.2 Å². The number of benzene rings is 1. The van der Waals surface area contributed by atoms with Gasteiger partial charge in [-0.3, -0.25) is 4.79 Å². The third kappa shape index (κ3) is 3.07. The summed E-state index contributed by atoms with van der Waals surface area (Å²) in [4.78, 5) is 12.0. The molecule has 92 valence electrons. The Balaban J connectivity index is 2.04. The smallest absolute Gasteiger partial charge is 0.252 e. The highest BCUT2D eigenvalue weighted by atomic mass is 79.9. The van der Waals surface area contributed by atoms with Crippen molar-refractivity contribution in [3.63, 3.8) is 0 Å². The number of aliphatic hydroxyl groups is 1. The molecule has 1 aliphatic rings. The van der Waals surface area contributed by atoms with E-state index in [2.05, 4.69) is 21.2 Å². The highest BCUT2D eigenvalue weighted by Gasteiger charge is 2.25. The maximum Gasteiger partial charge on any atom is 0.252 e. The molecule has 0 spiro atoms. The zero-order chi connectivity index (χ0) is 12.3. The van der Waals surface area contributed by atoms with Gasteiger partial charge in [0, 0.05) is 4.47 Å². The first-order valence-corrected chi connectivity index (χ1v) is 6.71. The van der Waals surface area contributed by atoms with Crippen molar-refractivity contribution in [2.24, 2.45) is 0 Å². The molecule has 2 atom stereocenters. The fourth-order valence-corrected chi connectivity index (χ4v) is 2.64. The van der Waals surface area contributed by atoms with Crippen molar-refractivity contribution in [1.82, 2.24) is 5.32 Å². The molecule has 0 aromatic heterocycles. The number of carbonyl (C=O) groups is 1. The van der Waals surface area contributed by atoms with Gasteiger partial charge < -0.3 is 10.4 Å². The fourth-order valence-electron chi connectivity index (χ4n) is 2.17. The van der Waals surface area contributed by atoms with Gasteiger partial charge in [-0.2, -0.15) is 0 Å². The van der Waals surface area contributed by atoms with Gasteiger partial charge in [0.15, 0.2) is 0 Å². The second-order valence-corrected chi connectivity index (χ2v) is 5.27. The Kier molecular flexibility index (Phi) is 4.18. The van der Waals surface area contributed by atoms with Crippen molar-refractivity contribution in [1.29, 1.82) is 0 Å². The lowest BCUT2D eigenvalue weighted by Crippen LogP contribution is -2.45. The second-order valence-electron chi connectivity index (χ2n) is 4.41. The van der Waals surface area contributed by atoms with Gasteiger partial charge in [0.25, 0.3) is 5.91 Å². The normalized spacial score (nSPS) is 24.4. The zero-order valence-corrected chi connectivity index (χ0v) is 11.1. The van der Waals surface area contributed by atoms with Crippen LogP contribution >= 0.6 is 15.9 Å². The summed E-state index contributed by atoms with van der Waals surface area (Å²) in [5, 5.41) is 12.7. The van der Waals surface area contributed by atoms with E-state index in [1.807, 2.05) is 18.2 Å². The van der Waals surface area contributed by atoms with Crippen LogP contribution in [0.15, 0.2) is 28.7 Å². The first-order chi connectivity index (χ1) is 8.18. The summed E-state index contributed by atoms with van der Waals surface area (Å²) in [6.07, 6.45) is 3.34. The molecule has 0 heterocycles. The molecule has 1 aromatic carbocycles. The number of hydrogen-bond donors (Lipinski definition) is 2. The average molecular weight is 298 g/mol. The molecule has 2 rings (SSSR count). The molecule has 4 heteroatoms. The molecule has 17 heavy (non-hydrogen) atoms. The lowest BCUT2D eigenvalue weighted by Gasteiger charge is -2.28. The number of nitrogens with one attached hydrogen (secondary N) is 1. The Morgan fingerprint density at radius 2 is 2.00 bits per heavy atom. The van der Waals surface area contributed by atoms with Gasteiger partial charge in [-0.25, -0.2) is 0 Å². The molecule has 1 fully saturated rings. The summed E-state index contributed by atoms with van der Waals surface area (Å²) < 4.78 is 0.780. The van der Waals surface area contributed by atoms with E-state index in [4.69, 9.17) is 0 Å². The summed E-state index contributed by atoms with van der Waals surface area (Å²) in [6, 6.07) is 7.21. The van der Waals surface area contributed by atoms with Crippen molar-refractivity contribution in [3.8, 4) is 0 Å². The van der Waals surface area contributed by atoms with E-state index in [9.17, 15) is 9.90 Å². The second kappa shape index (κ2) is 5.65. The molecule has 1 amide bonds. The van der Waals surface area contributed by atoms with Gasteiger partial charge >= 0.3 is 0 Å². The molecule has 3 nitrogen and oxygen atoms in total. The largest absolute Gasteiger partial charge is 0.391 e. The van der Waals surface area contributed by atoms with Crippen LogP contribution in [0.25, 0.3) is 0 Å². The summed E-state index contributed by atoms with van der Waals surface area (Å²) in [6.45, 7) is 0. The van der Waals surface area contributed by atoms with E-state index in [1.54, 1.807) is 6.07 Å². The quantitative estimate of drug-likeness (QED) is 0.881. The van der Waals surface area contributed by atoms with E-state index >= 15 is 0 Å². The minimum atomic E-state index is -0.407. The average Bonchev–Trinajstić information content (AvgIpc) is 2.32. The first kappa shape index (κ1) is 12.6. The third-order valence-corrected chi connectivity index (χ3v) is 3.86. The van der Waals surface area contributed by atoms with Crippen LogP contribution in [0.3, 0.4) is 0 Å². The Morgan fingerprint density at radius 3 is 2.71 bits per heavy atom. The zero-order valence-electron chi connectivity index (χ0n) is 9.53. The van der Waals surface area contributed by atoms with E-state index < -0.39 is 6.10 Å². The van der Waals surface area contributed by atoms with Gasteiger partial charge in [-0.15, -0.1) is 0 Å². The maximum atomic E-state index is 12.0. The minimum Gasteiger partial charge on any atom is -0.391 e. The summed E-state index contributed by atoms with van der Waals surface area (Å²) >= 11 is 3.35. The number of halogens is 1. The summed E-state index contributed by atoms with van der Waals surface area (Å²) in [5.74, 6) is -0.122. The molecule has 1 aromatic rings. The molecule has 2 unspecified atom stereocenters. The Labute approximate surface area is 109 Å². The van der Waals surface area contributed by atoms with Crippen LogP contribution in [0.1, 0.15) is 36.0 Å². The van der Waals surface area contributed by atoms with Crippen molar-refractivity contribution in [2.45, 2.75) is 37.8 Å². The number of aliphatic hydroxyl groups excluding tert-OH is 1. The molecule has 0 aliphatic heterocycles. The maximum absolute atomic E-state index is 12.0. The van der Waals surface area contributed by atoms with Crippen molar-refractivity contribution in [3.05, 3.63) is 34.3 Å². The number of amides is 1. The monoisotopic (exact) mass is 297 g/mol. The van der Waals surface area contributed by atoms with Gasteiger partial charge in [0.05, 0.1) is 17.7 Å². The topological polar surface area (TPSA) is 49.3 Å². The molecule has 0 radical (unpaired) electrons. The Bertz CT molecular complexity index is 408. The van der Waals surface area contributed by atoms with Crippen LogP contribution in [0.4, 0.5) is 0 Å². The van der Waals surface area contributed by atoms with Crippen LogP contribution in [0.5, 0.6) is 0 Å². The minimum absolute atomic E-state index is 0.108. The molecule has 0 saturated heterocycles. The van der Waals surface area contributed by atoms with Gasteiger partial charge in [0.1, 0.15) is 0 Å². The SMILES string of the molecule is O=C(NC1CCCCC1O)c1ccccc1Br. The van der Waals surface area contributed by atoms with Crippen LogP contribution < -0.4 is 5.32 Å². The molecule has 1 aliphatic carbocycles. The van der Waals surface area contributed by atoms with Crippen LogP contribution in [0, 0.1) is 0 Å². The van der Waals surface area contributed by atoms with Crippen molar-refractivity contribution in [2.75, 3.05) is 0 Å². The lowest BCUT2D eigenvalue weighted by atomic mass is 9.92. The number of hydrogen-bond acceptors (Lipinski definition) is 2. The predicted molar refractivity (Wildman–Crippen MR) is 69.9 cm³/mol. The highest BCUT2D eigenvalue weighted by Crippen LogP contribution is 2.20. The highest BCUT2D eigenvalue weighted by molar-refractivity contribution is 9.10. The van der Waals surface area contributed by atoms with Crippen molar-refractivity contribution < 1.29 is 9.90 Å². The fraction of sp³-hybridized carbons (Fsp3) is 0.462. The van der Waals surface area contributed by atoms with E-state index in [0.29, 0.717) is 5.56 Å². The van der Waals surface area contributed by atoms with Gasteiger partial charge in [0.2, 0.25) is 0 Å². The molecular weight excluding hydrogens is 282 g/mol. The lowest BCUT2D eigenvalue weighted by molar-refractivity contribution is 0.0716. The Morgan fingerprint density at radius 1 is 1.29 bits per heavy atom. The molecule has 2 N–H and O–H groups in total. The number of carbonyl (C=O) groups excluding carboxylic acids is 1. The van der Waals surface area contributed by atoms with Gasteiger partial charge in [-0.05, 0) is 40.9 Å². The van der Waals surface area contributed by atoms with E-state index in [-0.39, 0.29) is 11.9 Å². The summed E-state index contributed by atoms with van der Waals surface area (Å²) in [7, 11) is 0.